The molecule has 1 saturated heterocycles. The average molecular weight is 427 g/mol. The standard InChI is InChI=1S/C25H32F2N4/c1-6-19(16-31-12-10-25(26,27)11-13-31)14-20(7-2)21-8-9-23-22(15-21)24(30-29-23)18(5)28-17(3)4/h6-9,14-15,17,28H,1,5,10-13,16H2,2-4H3,(H,29,30)/b19-14+,20-7+. The number of alkyl halides is 2. The SMILES string of the molecule is C=C/C(=C\C(=C/C)c1ccc2[nH]nc(C(=C)NC(C)C)c2c1)CN1CCC(F)(F)CC1. The second-order valence-electron chi connectivity index (χ2n) is 8.41. The van der Waals surface area contributed by atoms with Crippen molar-refractivity contribution in [3.05, 3.63) is 66.4 Å². The fraction of sp³-hybridized carbons (Fsp3) is 0.400. The van der Waals surface area contributed by atoms with Gasteiger partial charge >= 0.3 is 0 Å². The number of fused-ring (bicyclic) bond motifs is 1. The topological polar surface area (TPSA) is 44.0 Å². The van der Waals surface area contributed by atoms with Crippen LogP contribution in [-0.4, -0.2) is 46.7 Å². The molecule has 0 bridgehead atoms. The summed E-state index contributed by atoms with van der Waals surface area (Å²) < 4.78 is 26.9. The summed E-state index contributed by atoms with van der Waals surface area (Å²) in [5, 5.41) is 11.8. The van der Waals surface area contributed by atoms with Gasteiger partial charge in [0.05, 0.1) is 11.2 Å². The number of hydrogen-bond donors (Lipinski definition) is 2. The van der Waals surface area contributed by atoms with Crippen LogP contribution in [0.4, 0.5) is 8.78 Å². The van der Waals surface area contributed by atoms with E-state index < -0.39 is 5.92 Å². The van der Waals surface area contributed by atoms with E-state index in [0.717, 1.165) is 39.0 Å². The molecule has 0 aliphatic carbocycles. The molecule has 1 fully saturated rings. The van der Waals surface area contributed by atoms with Gasteiger partial charge in [-0.3, -0.25) is 10.00 Å². The fourth-order valence-corrected chi connectivity index (χ4v) is 3.84. The molecule has 1 aliphatic rings. The maximum atomic E-state index is 13.5. The number of aromatic nitrogens is 2. The predicted molar refractivity (Wildman–Crippen MR) is 126 cm³/mol. The van der Waals surface area contributed by atoms with Crippen LogP contribution >= 0.6 is 0 Å². The first kappa shape index (κ1) is 22.9. The molecule has 1 aromatic heterocycles. The van der Waals surface area contributed by atoms with Crippen LogP contribution in [0.1, 0.15) is 44.9 Å². The van der Waals surface area contributed by atoms with E-state index in [1.807, 2.05) is 19.1 Å². The van der Waals surface area contributed by atoms with Gasteiger partial charge in [-0.25, -0.2) is 8.78 Å². The Balaban J connectivity index is 1.83. The molecule has 0 atom stereocenters. The van der Waals surface area contributed by atoms with Gasteiger partial charge in [0.25, 0.3) is 5.92 Å². The number of halogens is 2. The molecular formula is C25H32F2N4. The van der Waals surface area contributed by atoms with Crippen LogP contribution in [0.15, 0.2) is 55.2 Å². The van der Waals surface area contributed by atoms with Gasteiger partial charge in [0, 0.05) is 43.9 Å². The Morgan fingerprint density at radius 2 is 2.03 bits per heavy atom. The smallest absolute Gasteiger partial charge is 0.250 e. The Hall–Kier alpha value is -2.73. The molecule has 0 unspecified atom stereocenters. The van der Waals surface area contributed by atoms with E-state index in [1.165, 1.54) is 0 Å². The lowest BCUT2D eigenvalue weighted by atomic mass is 9.99. The van der Waals surface area contributed by atoms with Crippen LogP contribution in [0.2, 0.25) is 0 Å². The molecular weight excluding hydrogens is 394 g/mol. The number of H-pyrrole nitrogens is 1. The van der Waals surface area contributed by atoms with E-state index >= 15 is 0 Å². The van der Waals surface area contributed by atoms with Crippen molar-refractivity contribution >= 4 is 22.2 Å². The van der Waals surface area contributed by atoms with Crippen molar-refractivity contribution in [3.63, 3.8) is 0 Å². The maximum absolute atomic E-state index is 13.5. The quantitative estimate of drug-likeness (QED) is 0.526. The molecule has 0 spiro atoms. The van der Waals surface area contributed by atoms with Gasteiger partial charge in [-0.2, -0.15) is 5.10 Å². The molecule has 2 aromatic rings. The summed E-state index contributed by atoms with van der Waals surface area (Å²) in [5.74, 6) is -2.53. The largest absolute Gasteiger partial charge is 0.382 e. The number of allylic oxidation sites excluding steroid dienone is 3. The number of likely N-dealkylation sites (tertiary alicyclic amines) is 1. The van der Waals surface area contributed by atoms with Gasteiger partial charge < -0.3 is 5.32 Å². The molecule has 31 heavy (non-hydrogen) atoms. The Morgan fingerprint density at radius 1 is 1.32 bits per heavy atom. The lowest BCUT2D eigenvalue weighted by Gasteiger charge is -2.31. The number of nitrogens with one attached hydrogen (secondary N) is 2. The normalized spacial score (nSPS) is 17.9. The molecule has 1 aliphatic heterocycles. The van der Waals surface area contributed by atoms with E-state index in [2.05, 4.69) is 71.7 Å². The second kappa shape index (κ2) is 9.60. The van der Waals surface area contributed by atoms with Crippen molar-refractivity contribution in [2.45, 2.75) is 45.6 Å². The van der Waals surface area contributed by atoms with Crippen LogP contribution in [0.3, 0.4) is 0 Å². The van der Waals surface area contributed by atoms with Crippen LogP contribution in [0, 0.1) is 0 Å². The zero-order valence-electron chi connectivity index (χ0n) is 18.6. The molecule has 166 valence electrons. The highest BCUT2D eigenvalue weighted by Gasteiger charge is 2.33. The average Bonchev–Trinajstić information content (AvgIpc) is 3.15. The zero-order valence-corrected chi connectivity index (χ0v) is 18.6. The summed E-state index contributed by atoms with van der Waals surface area (Å²) in [6, 6.07) is 6.44. The van der Waals surface area contributed by atoms with E-state index in [0.29, 0.717) is 19.6 Å². The molecule has 6 heteroatoms. The minimum absolute atomic E-state index is 0.0812. The summed E-state index contributed by atoms with van der Waals surface area (Å²) in [6.45, 7) is 15.6. The first-order chi connectivity index (χ1) is 14.7. The third-order valence-electron chi connectivity index (χ3n) is 5.55. The molecule has 0 saturated carbocycles. The van der Waals surface area contributed by atoms with E-state index in [-0.39, 0.29) is 18.9 Å². The molecule has 0 radical (unpaired) electrons. The van der Waals surface area contributed by atoms with Crippen molar-refractivity contribution < 1.29 is 8.78 Å². The van der Waals surface area contributed by atoms with E-state index in [1.54, 1.807) is 0 Å². The Bertz CT molecular complexity index is 1000. The first-order valence-corrected chi connectivity index (χ1v) is 10.8. The minimum atomic E-state index is -2.53. The zero-order chi connectivity index (χ0) is 22.6. The number of hydrogen-bond acceptors (Lipinski definition) is 3. The predicted octanol–water partition coefficient (Wildman–Crippen LogP) is 5.78. The van der Waals surface area contributed by atoms with Gasteiger partial charge in [0.15, 0.2) is 0 Å². The molecule has 0 amide bonds. The van der Waals surface area contributed by atoms with Crippen molar-refractivity contribution in [2.24, 2.45) is 0 Å². The van der Waals surface area contributed by atoms with Gasteiger partial charge in [0.1, 0.15) is 5.69 Å². The van der Waals surface area contributed by atoms with Gasteiger partial charge in [-0.15, -0.1) is 0 Å². The molecule has 4 nitrogen and oxygen atoms in total. The van der Waals surface area contributed by atoms with Crippen LogP contribution in [0.5, 0.6) is 0 Å². The summed E-state index contributed by atoms with van der Waals surface area (Å²) in [5.41, 5.74) is 5.65. The third-order valence-corrected chi connectivity index (χ3v) is 5.55. The lowest BCUT2D eigenvalue weighted by molar-refractivity contribution is -0.0533. The lowest BCUT2D eigenvalue weighted by Crippen LogP contribution is -2.40. The van der Waals surface area contributed by atoms with Crippen molar-refractivity contribution in [1.29, 1.82) is 0 Å². The van der Waals surface area contributed by atoms with E-state index in [9.17, 15) is 8.78 Å². The van der Waals surface area contributed by atoms with Crippen molar-refractivity contribution in [1.82, 2.24) is 20.4 Å². The third kappa shape index (κ3) is 5.70. The van der Waals surface area contributed by atoms with Gasteiger partial charge in [-0.1, -0.05) is 37.5 Å². The Kier molecular flexibility index (Phi) is 7.11. The van der Waals surface area contributed by atoms with Crippen molar-refractivity contribution in [2.75, 3.05) is 19.6 Å². The number of nitrogens with zero attached hydrogens (tertiary/aromatic N) is 2. The molecule has 2 N–H and O–H groups in total. The van der Waals surface area contributed by atoms with Crippen LogP contribution in [0.25, 0.3) is 22.2 Å². The Morgan fingerprint density at radius 3 is 2.65 bits per heavy atom. The highest BCUT2D eigenvalue weighted by Crippen LogP contribution is 2.29. The van der Waals surface area contributed by atoms with Crippen LogP contribution in [-0.2, 0) is 0 Å². The second-order valence-corrected chi connectivity index (χ2v) is 8.41. The molecule has 2 heterocycles. The number of piperidine rings is 1. The molecule has 3 rings (SSSR count). The van der Waals surface area contributed by atoms with Crippen molar-refractivity contribution in [3.8, 4) is 0 Å². The summed E-state index contributed by atoms with van der Waals surface area (Å²) in [6.07, 6.45) is 5.79. The molecule has 1 aromatic carbocycles. The highest BCUT2D eigenvalue weighted by molar-refractivity contribution is 5.92. The number of rotatable bonds is 8. The van der Waals surface area contributed by atoms with E-state index in [4.69, 9.17) is 0 Å². The Labute approximate surface area is 183 Å². The fourth-order valence-electron chi connectivity index (χ4n) is 3.84. The summed E-state index contributed by atoms with van der Waals surface area (Å²) in [7, 11) is 0. The number of aromatic amines is 1. The maximum Gasteiger partial charge on any atom is 0.250 e. The monoisotopic (exact) mass is 426 g/mol. The highest BCUT2D eigenvalue weighted by atomic mass is 19.3. The first-order valence-electron chi connectivity index (χ1n) is 10.8. The van der Waals surface area contributed by atoms with Gasteiger partial charge in [-0.05, 0) is 49.6 Å². The van der Waals surface area contributed by atoms with Gasteiger partial charge in [0.2, 0.25) is 0 Å². The summed E-state index contributed by atoms with van der Waals surface area (Å²) >= 11 is 0. The number of benzene rings is 1. The summed E-state index contributed by atoms with van der Waals surface area (Å²) in [4.78, 5) is 2.07. The van der Waals surface area contributed by atoms with Crippen LogP contribution < -0.4 is 5.32 Å². The minimum Gasteiger partial charge on any atom is -0.382 e.